The number of hydrogen-bond donors (Lipinski definition) is 2. The van der Waals surface area contributed by atoms with E-state index in [4.69, 9.17) is 19.9 Å². The highest BCUT2D eigenvalue weighted by Gasteiger charge is 2.38. The van der Waals surface area contributed by atoms with Crippen molar-refractivity contribution < 1.29 is 23.8 Å². The number of nitrogens with zero attached hydrogens (tertiary/aromatic N) is 1. The van der Waals surface area contributed by atoms with Crippen LogP contribution in [0.3, 0.4) is 0 Å². The van der Waals surface area contributed by atoms with Gasteiger partial charge in [0.25, 0.3) is 5.91 Å². The van der Waals surface area contributed by atoms with E-state index in [0.717, 1.165) is 5.56 Å². The van der Waals surface area contributed by atoms with Gasteiger partial charge in [-0.05, 0) is 48.7 Å². The van der Waals surface area contributed by atoms with Gasteiger partial charge in [-0.25, -0.2) is 0 Å². The zero-order valence-electron chi connectivity index (χ0n) is 19.0. The minimum atomic E-state index is -0.644. The highest BCUT2D eigenvalue weighted by Crippen LogP contribution is 2.45. The molecule has 2 aromatic carbocycles. The van der Waals surface area contributed by atoms with Gasteiger partial charge in [0, 0.05) is 24.1 Å². The summed E-state index contributed by atoms with van der Waals surface area (Å²) in [6, 6.07) is 14.6. The zero-order valence-corrected chi connectivity index (χ0v) is 19.0. The molecule has 8 nitrogen and oxygen atoms in total. The van der Waals surface area contributed by atoms with Crippen molar-refractivity contribution in [3.63, 3.8) is 0 Å². The number of aryl methyl sites for hydroxylation is 1. The van der Waals surface area contributed by atoms with Gasteiger partial charge in [-0.1, -0.05) is 18.2 Å². The molecule has 0 saturated heterocycles. The predicted octanol–water partition coefficient (Wildman–Crippen LogP) is 3.84. The van der Waals surface area contributed by atoms with Crippen LogP contribution in [0.15, 0.2) is 65.3 Å². The molecular formula is C26H25N3O5. The number of allylic oxidation sites excluding steroid dienone is 3. The Morgan fingerprint density at radius 2 is 2.06 bits per heavy atom. The van der Waals surface area contributed by atoms with Gasteiger partial charge in [0.2, 0.25) is 5.88 Å². The molecule has 2 aliphatic rings. The lowest BCUT2D eigenvalue weighted by Gasteiger charge is -2.31. The first-order chi connectivity index (χ1) is 16.4. The molecule has 0 aromatic heterocycles. The van der Waals surface area contributed by atoms with Crippen LogP contribution in [0, 0.1) is 18.3 Å². The van der Waals surface area contributed by atoms with Crippen molar-refractivity contribution in [2.75, 3.05) is 19.0 Å². The van der Waals surface area contributed by atoms with Crippen molar-refractivity contribution in [3.05, 3.63) is 76.4 Å². The fraction of sp³-hybridized carbons (Fsp3) is 0.269. The molecule has 0 bridgehead atoms. The Morgan fingerprint density at radius 3 is 2.79 bits per heavy atom. The molecule has 1 atom stereocenters. The van der Waals surface area contributed by atoms with Crippen molar-refractivity contribution >= 4 is 17.4 Å². The monoisotopic (exact) mass is 459 g/mol. The van der Waals surface area contributed by atoms with E-state index in [-0.39, 0.29) is 29.8 Å². The third-order valence-electron chi connectivity index (χ3n) is 5.79. The van der Waals surface area contributed by atoms with E-state index in [2.05, 4.69) is 11.4 Å². The Bertz CT molecular complexity index is 1260. The molecular weight excluding hydrogens is 434 g/mol. The quantitative estimate of drug-likeness (QED) is 0.673. The summed E-state index contributed by atoms with van der Waals surface area (Å²) in [4.78, 5) is 25.1. The molecule has 3 N–H and O–H groups in total. The molecule has 174 valence electrons. The van der Waals surface area contributed by atoms with Gasteiger partial charge in [-0.2, -0.15) is 5.26 Å². The zero-order chi connectivity index (χ0) is 24.2. The van der Waals surface area contributed by atoms with Gasteiger partial charge in [-0.3, -0.25) is 9.59 Å². The number of nitriles is 1. The number of anilines is 1. The van der Waals surface area contributed by atoms with Crippen LogP contribution in [0.4, 0.5) is 5.69 Å². The predicted molar refractivity (Wildman–Crippen MR) is 125 cm³/mol. The lowest BCUT2D eigenvalue weighted by molar-refractivity contribution is -0.118. The molecule has 0 radical (unpaired) electrons. The number of rotatable bonds is 6. The fourth-order valence-corrected chi connectivity index (χ4v) is 4.24. The van der Waals surface area contributed by atoms with Crippen molar-refractivity contribution in [2.45, 2.75) is 32.1 Å². The summed E-state index contributed by atoms with van der Waals surface area (Å²) >= 11 is 0. The number of Topliss-reactive ketones (excluding diaryl/α,β-unsaturated/α-hetero) is 1. The second kappa shape index (κ2) is 9.71. The minimum absolute atomic E-state index is 0.00747. The van der Waals surface area contributed by atoms with Crippen LogP contribution in [0.25, 0.3) is 0 Å². The van der Waals surface area contributed by atoms with E-state index < -0.39 is 5.92 Å². The van der Waals surface area contributed by atoms with Crippen molar-refractivity contribution in [3.8, 4) is 17.6 Å². The number of nitrogens with two attached hydrogens (primary N) is 1. The maximum atomic E-state index is 12.7. The van der Waals surface area contributed by atoms with E-state index in [9.17, 15) is 14.9 Å². The van der Waals surface area contributed by atoms with Crippen LogP contribution in [0.1, 0.15) is 36.3 Å². The highest BCUT2D eigenvalue weighted by molar-refractivity contribution is 5.99. The van der Waals surface area contributed by atoms with Crippen LogP contribution in [-0.2, 0) is 14.3 Å². The Hall–Kier alpha value is -4.25. The molecule has 0 unspecified atom stereocenters. The third-order valence-corrected chi connectivity index (χ3v) is 5.79. The topological polar surface area (TPSA) is 124 Å². The Morgan fingerprint density at radius 1 is 1.24 bits per heavy atom. The number of hydrogen-bond acceptors (Lipinski definition) is 7. The summed E-state index contributed by atoms with van der Waals surface area (Å²) in [7, 11) is 1.48. The number of carbonyl (C=O) groups excluding carboxylic acids is 2. The molecule has 1 heterocycles. The van der Waals surface area contributed by atoms with E-state index >= 15 is 0 Å². The summed E-state index contributed by atoms with van der Waals surface area (Å²) in [6.07, 6.45) is 1.66. The van der Waals surface area contributed by atoms with Gasteiger partial charge in [0.1, 0.15) is 17.4 Å². The van der Waals surface area contributed by atoms with Crippen LogP contribution < -0.4 is 20.5 Å². The van der Waals surface area contributed by atoms with Gasteiger partial charge in [-0.15, -0.1) is 0 Å². The standard InChI is InChI=1S/C26H25N3O5/c1-15-5-3-6-17(11-15)29-23(31)14-33-20-10-9-16(12-22(20)32-2)24-18(13-27)26(28)34-21-8-4-7-19(30)25(21)24/h3,5-6,9-12,24H,4,7-8,14,28H2,1-2H3,(H,29,31)/t24-/m0/s1. The van der Waals surface area contributed by atoms with Crippen LogP contribution in [0.2, 0.25) is 0 Å². The van der Waals surface area contributed by atoms with Gasteiger partial charge in [0.05, 0.1) is 13.0 Å². The van der Waals surface area contributed by atoms with Crippen LogP contribution >= 0.6 is 0 Å². The second-order valence-electron chi connectivity index (χ2n) is 8.16. The van der Waals surface area contributed by atoms with E-state index in [1.54, 1.807) is 24.3 Å². The summed E-state index contributed by atoms with van der Waals surface area (Å²) in [6.45, 7) is 1.72. The van der Waals surface area contributed by atoms with E-state index in [1.807, 2.05) is 25.1 Å². The number of ketones is 1. The summed E-state index contributed by atoms with van der Waals surface area (Å²) < 4.78 is 16.8. The largest absolute Gasteiger partial charge is 0.493 e. The SMILES string of the molecule is COc1cc([C@H]2C(C#N)=C(N)OC3=C2C(=O)CCC3)ccc1OCC(=O)Nc1cccc(C)c1. The lowest BCUT2D eigenvalue weighted by Crippen LogP contribution is -2.27. The van der Waals surface area contributed by atoms with E-state index in [1.165, 1.54) is 7.11 Å². The lowest BCUT2D eigenvalue weighted by atomic mass is 9.77. The summed E-state index contributed by atoms with van der Waals surface area (Å²) in [5.41, 5.74) is 9.03. The van der Waals surface area contributed by atoms with Crippen LogP contribution in [-0.4, -0.2) is 25.4 Å². The van der Waals surface area contributed by atoms with Gasteiger partial charge >= 0.3 is 0 Å². The molecule has 0 fully saturated rings. The number of ether oxygens (including phenoxy) is 3. The molecule has 2 aromatic rings. The Balaban J connectivity index is 1.57. The second-order valence-corrected chi connectivity index (χ2v) is 8.16. The maximum absolute atomic E-state index is 12.7. The minimum Gasteiger partial charge on any atom is -0.493 e. The maximum Gasteiger partial charge on any atom is 0.262 e. The van der Waals surface area contributed by atoms with Gasteiger partial charge in [0.15, 0.2) is 23.9 Å². The number of methoxy groups -OCH3 is 1. The summed E-state index contributed by atoms with van der Waals surface area (Å²) in [5.74, 6) is 0.239. The molecule has 1 aliphatic heterocycles. The molecule has 0 spiro atoms. The number of amides is 1. The van der Waals surface area contributed by atoms with Crippen molar-refractivity contribution in [1.29, 1.82) is 5.26 Å². The average molecular weight is 460 g/mol. The van der Waals surface area contributed by atoms with Crippen LogP contribution in [0.5, 0.6) is 11.5 Å². The van der Waals surface area contributed by atoms with Crippen molar-refractivity contribution in [2.24, 2.45) is 5.73 Å². The molecule has 4 rings (SSSR count). The highest BCUT2D eigenvalue weighted by atomic mass is 16.5. The first-order valence-electron chi connectivity index (χ1n) is 10.9. The summed E-state index contributed by atoms with van der Waals surface area (Å²) in [5, 5.41) is 12.5. The fourth-order valence-electron chi connectivity index (χ4n) is 4.24. The third kappa shape index (κ3) is 4.59. The first-order valence-corrected chi connectivity index (χ1v) is 10.9. The Kier molecular flexibility index (Phi) is 6.55. The van der Waals surface area contributed by atoms with E-state index in [0.29, 0.717) is 53.3 Å². The van der Waals surface area contributed by atoms with Crippen molar-refractivity contribution in [1.82, 2.24) is 0 Å². The molecule has 8 heteroatoms. The molecule has 0 saturated carbocycles. The number of benzene rings is 2. The molecule has 1 amide bonds. The smallest absolute Gasteiger partial charge is 0.262 e. The molecule has 1 aliphatic carbocycles. The number of carbonyl (C=O) groups is 2. The average Bonchev–Trinajstić information content (AvgIpc) is 2.82. The normalized spacial score (nSPS) is 17.4. The molecule has 34 heavy (non-hydrogen) atoms. The Labute approximate surface area is 197 Å². The number of nitrogens with one attached hydrogen (secondary N) is 1. The van der Waals surface area contributed by atoms with Gasteiger partial charge < -0.3 is 25.3 Å². The first kappa shape index (κ1) is 22.9.